The molecule has 4 saturated carbocycles. The second kappa shape index (κ2) is 4.46. The normalized spacial score (nSPS) is 45.1. The van der Waals surface area contributed by atoms with Crippen LogP contribution in [0.5, 0.6) is 0 Å². The largest absolute Gasteiger partial charge is 0.392 e. The minimum absolute atomic E-state index is 0.213. The van der Waals surface area contributed by atoms with E-state index in [9.17, 15) is 5.11 Å². The van der Waals surface area contributed by atoms with Gasteiger partial charge in [0.05, 0.1) is 12.2 Å². The highest BCUT2D eigenvalue weighted by atomic mass is 16.3. The van der Waals surface area contributed by atoms with Crippen LogP contribution in [0.3, 0.4) is 0 Å². The highest BCUT2D eigenvalue weighted by molar-refractivity contribution is 5.05. The Kier molecular flexibility index (Phi) is 2.96. The number of hydrogen-bond acceptors (Lipinski definition) is 2. The Balaban J connectivity index is 1.67. The molecule has 0 aliphatic heterocycles. The Labute approximate surface area is 103 Å². The van der Waals surface area contributed by atoms with Gasteiger partial charge in [-0.25, -0.2) is 0 Å². The molecule has 4 bridgehead atoms. The van der Waals surface area contributed by atoms with Crippen LogP contribution in [0.1, 0.15) is 38.5 Å². The number of rotatable bonds is 3. The van der Waals surface area contributed by atoms with Crippen molar-refractivity contribution in [3.8, 4) is 6.07 Å². The average molecular weight is 231 g/mol. The summed E-state index contributed by atoms with van der Waals surface area (Å²) in [5.41, 5.74) is 0. The zero-order chi connectivity index (χ0) is 11.8. The maximum absolute atomic E-state index is 10.3. The van der Waals surface area contributed by atoms with Crippen LogP contribution in [-0.2, 0) is 0 Å². The fraction of sp³-hybridized carbons (Fsp3) is 0.800. The Morgan fingerprint density at radius 1 is 1.12 bits per heavy atom. The Morgan fingerprint density at radius 3 is 2.24 bits per heavy atom. The van der Waals surface area contributed by atoms with Crippen LogP contribution in [-0.4, -0.2) is 11.2 Å². The van der Waals surface area contributed by atoms with Crippen LogP contribution < -0.4 is 0 Å². The smallest absolute Gasteiger partial charge is 0.0908 e. The van der Waals surface area contributed by atoms with Crippen molar-refractivity contribution in [1.29, 1.82) is 5.26 Å². The van der Waals surface area contributed by atoms with Crippen LogP contribution in [0.25, 0.3) is 0 Å². The van der Waals surface area contributed by atoms with Crippen molar-refractivity contribution in [3.63, 3.8) is 0 Å². The summed E-state index contributed by atoms with van der Waals surface area (Å²) >= 11 is 0. The average Bonchev–Trinajstić information content (AvgIpc) is 2.27. The predicted octanol–water partition coefficient (Wildman–Crippen LogP) is 2.89. The van der Waals surface area contributed by atoms with Crippen LogP contribution in [0.2, 0.25) is 0 Å². The first-order valence-electron chi connectivity index (χ1n) is 7.00. The SMILES string of the molecule is N#C/C=C/CC(O)C1C2CC3CC(C2)CC1C3. The van der Waals surface area contributed by atoms with Gasteiger partial charge in [0.25, 0.3) is 0 Å². The number of nitriles is 1. The lowest BCUT2D eigenvalue weighted by Gasteiger charge is -2.55. The minimum Gasteiger partial charge on any atom is -0.392 e. The minimum atomic E-state index is -0.213. The van der Waals surface area contributed by atoms with E-state index in [1.807, 2.05) is 12.1 Å². The third kappa shape index (κ3) is 2.02. The van der Waals surface area contributed by atoms with Gasteiger partial charge in [-0.3, -0.25) is 0 Å². The lowest BCUT2D eigenvalue weighted by Crippen LogP contribution is -2.49. The summed E-state index contributed by atoms with van der Waals surface area (Å²) in [5.74, 6) is 4.01. The fourth-order valence-corrected chi connectivity index (χ4v) is 5.01. The van der Waals surface area contributed by atoms with E-state index in [0.29, 0.717) is 12.3 Å². The summed E-state index contributed by atoms with van der Waals surface area (Å²) < 4.78 is 0. The highest BCUT2D eigenvalue weighted by Gasteiger charge is 2.49. The molecule has 4 rings (SSSR count). The first kappa shape index (κ1) is 11.3. The van der Waals surface area contributed by atoms with E-state index < -0.39 is 0 Å². The predicted molar refractivity (Wildman–Crippen MR) is 65.9 cm³/mol. The van der Waals surface area contributed by atoms with Gasteiger partial charge in [-0.1, -0.05) is 6.08 Å². The van der Waals surface area contributed by atoms with Gasteiger partial charge < -0.3 is 5.11 Å². The molecule has 1 atom stereocenters. The Hall–Kier alpha value is -0.810. The van der Waals surface area contributed by atoms with Gasteiger partial charge in [-0.2, -0.15) is 5.26 Å². The molecule has 92 valence electrons. The highest BCUT2D eigenvalue weighted by Crippen LogP contribution is 2.57. The van der Waals surface area contributed by atoms with E-state index in [0.717, 1.165) is 23.7 Å². The molecule has 4 aliphatic carbocycles. The molecule has 0 amide bonds. The molecule has 0 aromatic heterocycles. The van der Waals surface area contributed by atoms with E-state index in [-0.39, 0.29) is 6.10 Å². The van der Waals surface area contributed by atoms with E-state index in [1.165, 1.54) is 38.2 Å². The quantitative estimate of drug-likeness (QED) is 0.759. The molecule has 17 heavy (non-hydrogen) atoms. The molecule has 2 heteroatoms. The van der Waals surface area contributed by atoms with Crippen LogP contribution in [0, 0.1) is 40.9 Å². The molecule has 4 fully saturated rings. The van der Waals surface area contributed by atoms with Gasteiger partial charge in [0.2, 0.25) is 0 Å². The van der Waals surface area contributed by atoms with Gasteiger partial charge in [-0.05, 0) is 68.1 Å². The van der Waals surface area contributed by atoms with Crippen molar-refractivity contribution in [1.82, 2.24) is 0 Å². The maximum Gasteiger partial charge on any atom is 0.0908 e. The molecule has 4 aliphatic rings. The monoisotopic (exact) mass is 231 g/mol. The molecule has 0 spiro atoms. The topological polar surface area (TPSA) is 44.0 Å². The van der Waals surface area contributed by atoms with Crippen molar-refractivity contribution < 1.29 is 5.11 Å². The lowest BCUT2D eigenvalue weighted by molar-refractivity contribution is -0.0880. The molecule has 0 aromatic carbocycles. The lowest BCUT2D eigenvalue weighted by atomic mass is 9.50. The van der Waals surface area contributed by atoms with Crippen LogP contribution in [0.15, 0.2) is 12.2 Å². The van der Waals surface area contributed by atoms with Gasteiger partial charge in [0.15, 0.2) is 0 Å². The van der Waals surface area contributed by atoms with E-state index >= 15 is 0 Å². The van der Waals surface area contributed by atoms with E-state index in [4.69, 9.17) is 5.26 Å². The van der Waals surface area contributed by atoms with Gasteiger partial charge in [0.1, 0.15) is 0 Å². The standard InChI is InChI=1S/C15H21NO/c16-4-2-1-3-14(17)15-12-6-10-5-11(8-12)9-13(15)7-10/h1-2,10-15,17H,3,5-9H2/b2-1+. The third-order valence-corrected chi connectivity index (χ3v) is 5.31. The molecule has 0 saturated heterocycles. The molecule has 0 aromatic rings. The van der Waals surface area contributed by atoms with Gasteiger partial charge >= 0.3 is 0 Å². The third-order valence-electron chi connectivity index (χ3n) is 5.31. The number of allylic oxidation sites excluding steroid dienone is 1. The molecule has 0 radical (unpaired) electrons. The second-order valence-electron chi connectivity index (χ2n) is 6.34. The molecule has 1 N–H and O–H groups in total. The molecule has 0 heterocycles. The first-order chi connectivity index (χ1) is 8.28. The summed E-state index contributed by atoms with van der Waals surface area (Å²) in [7, 11) is 0. The van der Waals surface area contributed by atoms with Crippen molar-refractivity contribution in [2.45, 2.75) is 44.6 Å². The summed E-state index contributed by atoms with van der Waals surface area (Å²) in [4.78, 5) is 0. The summed E-state index contributed by atoms with van der Waals surface area (Å²) in [6.45, 7) is 0. The number of nitrogens with zero attached hydrogens (tertiary/aromatic N) is 1. The van der Waals surface area contributed by atoms with Gasteiger partial charge in [0, 0.05) is 6.08 Å². The number of aliphatic hydroxyl groups is 1. The maximum atomic E-state index is 10.3. The summed E-state index contributed by atoms with van der Waals surface area (Å²) in [5, 5.41) is 18.8. The first-order valence-corrected chi connectivity index (χ1v) is 7.00. The number of aliphatic hydroxyl groups excluding tert-OH is 1. The van der Waals surface area contributed by atoms with Crippen molar-refractivity contribution >= 4 is 0 Å². The molecule has 2 nitrogen and oxygen atoms in total. The molecular weight excluding hydrogens is 210 g/mol. The Morgan fingerprint density at radius 2 is 1.71 bits per heavy atom. The Bertz CT molecular complexity index is 326. The second-order valence-corrected chi connectivity index (χ2v) is 6.34. The van der Waals surface area contributed by atoms with Crippen LogP contribution in [0.4, 0.5) is 0 Å². The van der Waals surface area contributed by atoms with E-state index in [2.05, 4.69) is 0 Å². The fourth-order valence-electron chi connectivity index (χ4n) is 5.01. The zero-order valence-electron chi connectivity index (χ0n) is 10.3. The van der Waals surface area contributed by atoms with Crippen molar-refractivity contribution in [3.05, 3.63) is 12.2 Å². The van der Waals surface area contributed by atoms with E-state index in [1.54, 1.807) is 0 Å². The molecule has 1 unspecified atom stereocenters. The van der Waals surface area contributed by atoms with Crippen molar-refractivity contribution in [2.75, 3.05) is 0 Å². The zero-order valence-corrected chi connectivity index (χ0v) is 10.3. The molecular formula is C15H21NO. The van der Waals surface area contributed by atoms with Crippen molar-refractivity contribution in [2.24, 2.45) is 29.6 Å². The number of hydrogen-bond donors (Lipinski definition) is 1. The summed E-state index contributed by atoms with van der Waals surface area (Å²) in [6.07, 6.45) is 10.7. The van der Waals surface area contributed by atoms with Gasteiger partial charge in [-0.15, -0.1) is 0 Å². The van der Waals surface area contributed by atoms with Crippen LogP contribution >= 0.6 is 0 Å². The summed E-state index contributed by atoms with van der Waals surface area (Å²) in [6, 6.07) is 2.00.